The molecule has 1 fully saturated rings. The number of amides is 2. The topological polar surface area (TPSA) is 107 Å². The van der Waals surface area contributed by atoms with Crippen LogP contribution in [0.3, 0.4) is 0 Å². The monoisotopic (exact) mass is 472 g/mol. The third-order valence-electron chi connectivity index (χ3n) is 4.25. The number of aryl methyl sites for hydroxylation is 1. The van der Waals surface area contributed by atoms with Crippen molar-refractivity contribution in [2.75, 3.05) is 6.54 Å². The first-order chi connectivity index (χ1) is 15.1. The summed E-state index contributed by atoms with van der Waals surface area (Å²) in [5, 5.41) is 11.0. The Morgan fingerprint density at radius 3 is 2.53 bits per heavy atom. The molecule has 2 aromatic rings. The molecule has 10 heteroatoms. The maximum atomic E-state index is 12.6. The van der Waals surface area contributed by atoms with E-state index in [1.807, 2.05) is 31.2 Å². The van der Waals surface area contributed by atoms with Crippen molar-refractivity contribution in [2.24, 2.45) is 0 Å². The van der Waals surface area contributed by atoms with Crippen LogP contribution in [0.4, 0.5) is 10.5 Å². The summed E-state index contributed by atoms with van der Waals surface area (Å²) in [4.78, 5) is 49.9. The molecule has 0 atom stereocenters. The zero-order chi connectivity index (χ0) is 23.4. The second-order valence-corrected chi connectivity index (χ2v) is 9.31. The van der Waals surface area contributed by atoms with Crippen molar-refractivity contribution >= 4 is 52.4 Å². The van der Waals surface area contributed by atoms with Gasteiger partial charge in [-0.15, -0.1) is 0 Å². The highest BCUT2D eigenvalue weighted by atomic mass is 32.2. The highest BCUT2D eigenvalue weighted by Gasteiger charge is 2.37. The second-order valence-electron chi connectivity index (χ2n) is 7.21. The second kappa shape index (κ2) is 10.0. The number of hydrogen-bond donors (Lipinski definition) is 0. The predicted molar refractivity (Wildman–Crippen MR) is 122 cm³/mol. The molecule has 0 radical (unpaired) electrons. The summed E-state index contributed by atoms with van der Waals surface area (Å²) < 4.78 is 4.98. The molecule has 0 bridgehead atoms. The van der Waals surface area contributed by atoms with Gasteiger partial charge in [-0.3, -0.25) is 29.4 Å². The molecule has 1 saturated heterocycles. The molecule has 3 rings (SSSR count). The average Bonchev–Trinajstić information content (AvgIpc) is 2.97. The maximum Gasteiger partial charge on any atom is 0.326 e. The zero-order valence-corrected chi connectivity index (χ0v) is 19.2. The number of nitro benzene ring substituents is 1. The summed E-state index contributed by atoms with van der Waals surface area (Å²) in [5.41, 5.74) is 1.38. The lowest BCUT2D eigenvalue weighted by Gasteiger charge is -2.13. The highest BCUT2D eigenvalue weighted by molar-refractivity contribution is 8.18. The van der Waals surface area contributed by atoms with E-state index in [2.05, 4.69) is 0 Å². The molecular formula is C22H20N2O6S2. The molecule has 166 valence electrons. The first kappa shape index (κ1) is 23.6. The minimum atomic E-state index is -0.684. The molecule has 1 aliphatic rings. The Hall–Kier alpha value is -3.11. The molecule has 0 aromatic heterocycles. The maximum absolute atomic E-state index is 12.6. The van der Waals surface area contributed by atoms with E-state index in [9.17, 15) is 24.5 Å². The molecule has 32 heavy (non-hydrogen) atoms. The van der Waals surface area contributed by atoms with Crippen LogP contribution in [0.2, 0.25) is 0 Å². The van der Waals surface area contributed by atoms with E-state index in [0.717, 1.165) is 15.4 Å². The van der Waals surface area contributed by atoms with Crippen LogP contribution in [0, 0.1) is 17.0 Å². The fourth-order valence-electron chi connectivity index (χ4n) is 2.80. The summed E-state index contributed by atoms with van der Waals surface area (Å²) in [5.74, 6) is -1.32. The fraction of sp³-hybridized carbons (Fsp3) is 0.227. The predicted octanol–water partition coefficient (Wildman–Crippen LogP) is 5.04. The quantitative estimate of drug-likeness (QED) is 0.239. The zero-order valence-electron chi connectivity index (χ0n) is 17.6. The number of carbonyl (C=O) groups is 3. The van der Waals surface area contributed by atoms with Crippen LogP contribution in [0.25, 0.3) is 6.08 Å². The molecule has 0 N–H and O–H groups in total. The number of benzene rings is 2. The highest BCUT2D eigenvalue weighted by Crippen LogP contribution is 2.37. The summed E-state index contributed by atoms with van der Waals surface area (Å²) >= 11 is 1.94. The number of hydrogen-bond acceptors (Lipinski definition) is 8. The van der Waals surface area contributed by atoms with Gasteiger partial charge in [0.15, 0.2) is 0 Å². The van der Waals surface area contributed by atoms with Crippen molar-refractivity contribution < 1.29 is 24.0 Å². The minimum Gasteiger partial charge on any atom is -0.462 e. The first-order valence-electron chi connectivity index (χ1n) is 9.62. The molecule has 0 unspecified atom stereocenters. The summed E-state index contributed by atoms with van der Waals surface area (Å²) in [7, 11) is 0. The van der Waals surface area contributed by atoms with E-state index in [4.69, 9.17) is 4.74 Å². The van der Waals surface area contributed by atoms with Crippen molar-refractivity contribution in [1.29, 1.82) is 0 Å². The Bertz CT molecular complexity index is 1110. The number of imide groups is 1. The lowest BCUT2D eigenvalue weighted by atomic mass is 10.2. The molecule has 1 aliphatic heterocycles. The van der Waals surface area contributed by atoms with Crippen molar-refractivity contribution in [3.63, 3.8) is 0 Å². The summed E-state index contributed by atoms with van der Waals surface area (Å²) in [6.45, 7) is 4.81. The third-order valence-corrected chi connectivity index (χ3v) is 6.23. The Labute approximate surface area is 193 Å². The molecule has 0 spiro atoms. The van der Waals surface area contributed by atoms with E-state index in [0.29, 0.717) is 22.2 Å². The summed E-state index contributed by atoms with van der Waals surface area (Å²) in [6, 6.07) is 12.2. The van der Waals surface area contributed by atoms with Gasteiger partial charge in [0.1, 0.15) is 6.54 Å². The van der Waals surface area contributed by atoms with Gasteiger partial charge in [-0.1, -0.05) is 35.5 Å². The van der Waals surface area contributed by atoms with E-state index in [1.165, 1.54) is 23.9 Å². The Morgan fingerprint density at radius 2 is 1.91 bits per heavy atom. The third kappa shape index (κ3) is 5.77. The van der Waals surface area contributed by atoms with Crippen LogP contribution in [-0.4, -0.2) is 39.6 Å². The van der Waals surface area contributed by atoms with Gasteiger partial charge in [0.05, 0.1) is 20.8 Å². The Kier molecular flexibility index (Phi) is 7.37. The average molecular weight is 473 g/mol. The Balaban J connectivity index is 1.82. The van der Waals surface area contributed by atoms with E-state index in [1.54, 1.807) is 26.0 Å². The van der Waals surface area contributed by atoms with Gasteiger partial charge >= 0.3 is 5.97 Å². The number of esters is 1. The number of thioether (sulfide) groups is 1. The normalized spacial score (nSPS) is 15.0. The van der Waals surface area contributed by atoms with Gasteiger partial charge in [0.25, 0.3) is 16.8 Å². The first-order valence-corrected chi connectivity index (χ1v) is 11.2. The minimum absolute atomic E-state index is 0.0839. The fourth-order valence-corrected chi connectivity index (χ4v) is 4.54. The number of nitrogens with zero attached hydrogens (tertiary/aromatic N) is 2. The molecule has 0 saturated carbocycles. The van der Waals surface area contributed by atoms with Gasteiger partial charge in [-0.05, 0) is 62.4 Å². The van der Waals surface area contributed by atoms with E-state index < -0.39 is 28.6 Å². The van der Waals surface area contributed by atoms with Gasteiger partial charge in [0.2, 0.25) is 0 Å². The van der Waals surface area contributed by atoms with Crippen LogP contribution in [0.15, 0.2) is 57.2 Å². The van der Waals surface area contributed by atoms with Crippen LogP contribution in [-0.2, 0) is 14.3 Å². The van der Waals surface area contributed by atoms with Gasteiger partial charge < -0.3 is 4.74 Å². The van der Waals surface area contributed by atoms with Crippen LogP contribution < -0.4 is 0 Å². The largest absolute Gasteiger partial charge is 0.462 e. The van der Waals surface area contributed by atoms with Gasteiger partial charge in [0, 0.05) is 11.0 Å². The lowest BCUT2D eigenvalue weighted by Crippen LogP contribution is -2.35. The van der Waals surface area contributed by atoms with Crippen LogP contribution >= 0.6 is 23.5 Å². The molecule has 2 amide bonds. The number of ether oxygens (including phenoxy) is 1. The van der Waals surface area contributed by atoms with Crippen molar-refractivity contribution in [3.05, 3.63) is 68.6 Å². The molecular weight excluding hydrogens is 452 g/mol. The number of nitro groups is 1. The lowest BCUT2D eigenvalue weighted by molar-refractivity contribution is -0.387. The SMILES string of the molecule is Cc1ccc(Sc2ccc(C=C3SC(=O)N(CC(=O)OC(C)C)C3=O)cc2[N+](=O)[O-])cc1. The van der Waals surface area contributed by atoms with Crippen LogP contribution in [0.1, 0.15) is 25.0 Å². The Morgan fingerprint density at radius 1 is 1.22 bits per heavy atom. The molecule has 2 aromatic carbocycles. The molecule has 1 heterocycles. The molecule has 0 aliphatic carbocycles. The van der Waals surface area contributed by atoms with Gasteiger partial charge in [-0.25, -0.2) is 0 Å². The van der Waals surface area contributed by atoms with Crippen molar-refractivity contribution in [1.82, 2.24) is 4.90 Å². The molecule has 8 nitrogen and oxygen atoms in total. The van der Waals surface area contributed by atoms with Gasteiger partial charge in [-0.2, -0.15) is 0 Å². The van der Waals surface area contributed by atoms with Crippen molar-refractivity contribution in [3.8, 4) is 0 Å². The smallest absolute Gasteiger partial charge is 0.326 e. The van der Waals surface area contributed by atoms with E-state index >= 15 is 0 Å². The summed E-state index contributed by atoms with van der Waals surface area (Å²) in [6.07, 6.45) is 1.04. The van der Waals surface area contributed by atoms with E-state index in [-0.39, 0.29) is 16.7 Å². The standard InChI is InChI=1S/C22H20N2O6S2/c1-13(2)30-20(25)12-23-21(26)19(32-22(23)27)11-15-6-9-18(17(10-15)24(28)29)31-16-7-4-14(3)5-8-16/h4-11,13H,12H2,1-3H3. The van der Waals surface area contributed by atoms with Crippen molar-refractivity contribution in [2.45, 2.75) is 36.7 Å². The number of carbonyl (C=O) groups excluding carboxylic acids is 3. The van der Waals surface area contributed by atoms with Crippen LogP contribution in [0.5, 0.6) is 0 Å². The number of rotatable bonds is 7.